The molecule has 0 saturated carbocycles. The number of hydrogen-bond donors (Lipinski definition) is 14. The van der Waals surface area contributed by atoms with Crippen LogP contribution in [0.25, 0.3) is 0 Å². The number of alkyl halides is 4. The lowest BCUT2D eigenvalue weighted by atomic mass is 9.85. The lowest BCUT2D eigenvalue weighted by molar-refractivity contribution is -0.156. The van der Waals surface area contributed by atoms with Crippen molar-refractivity contribution in [3.05, 3.63) is 95.1 Å². The van der Waals surface area contributed by atoms with E-state index in [0.29, 0.717) is 110 Å². The number of nitrogens with zero attached hydrogens (tertiary/aromatic N) is 2. The zero-order chi connectivity index (χ0) is 82.8. The van der Waals surface area contributed by atoms with Crippen molar-refractivity contribution < 1.29 is 97.7 Å². The first-order chi connectivity index (χ1) is 50.7. The van der Waals surface area contributed by atoms with Gasteiger partial charge in [0.25, 0.3) is 0 Å². The number of hydrogen-bond acceptors (Lipinski definition) is 27. The molecule has 108 heavy (non-hydrogen) atoms. The van der Waals surface area contributed by atoms with Gasteiger partial charge in [0.2, 0.25) is 0 Å². The van der Waals surface area contributed by atoms with Crippen LogP contribution in [0.1, 0.15) is 110 Å². The molecular formula is C73H123B3BrCl3N8O20. The van der Waals surface area contributed by atoms with Gasteiger partial charge in [-0.3, -0.25) is 19.2 Å². The predicted molar refractivity (Wildman–Crippen MR) is 438 cm³/mol. The molecule has 0 radical (unpaired) electrons. The minimum absolute atomic E-state index is 0.0170. The average molecular weight is 1650 g/mol. The number of aliphatic carboxylic acids is 1. The highest BCUT2D eigenvalue weighted by molar-refractivity contribution is 9.09. The van der Waals surface area contributed by atoms with Gasteiger partial charge in [-0.1, -0.05) is 15.9 Å². The number of benzene rings is 4. The molecule has 0 aliphatic rings. The Balaban J connectivity index is 0. The minimum atomic E-state index is -0.924. The van der Waals surface area contributed by atoms with Crippen LogP contribution in [0.3, 0.4) is 0 Å². The molecule has 28 nitrogen and oxygen atoms in total. The summed E-state index contributed by atoms with van der Waals surface area (Å²) in [5.74, 6) is 1.82. The molecule has 35 heteroatoms. The van der Waals surface area contributed by atoms with Crippen LogP contribution >= 0.6 is 50.7 Å². The van der Waals surface area contributed by atoms with E-state index in [2.05, 4.69) is 36.9 Å². The Morgan fingerprint density at radius 1 is 0.519 bits per heavy atom. The van der Waals surface area contributed by atoms with Gasteiger partial charge in [0.05, 0.1) is 86.4 Å². The van der Waals surface area contributed by atoms with Gasteiger partial charge < -0.3 is 121 Å². The predicted octanol–water partition coefficient (Wildman–Crippen LogP) is 7.01. The van der Waals surface area contributed by atoms with Gasteiger partial charge in [0.1, 0.15) is 46.1 Å². The molecule has 4 aromatic rings. The molecule has 0 spiro atoms. The number of nitrogen functional groups attached to an aromatic ring is 1. The maximum atomic E-state index is 12.3. The first-order valence-electron chi connectivity index (χ1n) is 35.4. The maximum absolute atomic E-state index is 12.3. The molecule has 0 unspecified atom stereocenters. The highest BCUT2D eigenvalue weighted by atomic mass is 79.9. The molecule has 0 fully saturated rings. The molecule has 0 heterocycles. The topological polar surface area (TPSA) is 418 Å². The summed E-state index contributed by atoms with van der Waals surface area (Å²) in [6.45, 7) is 24.1. The van der Waals surface area contributed by atoms with Crippen molar-refractivity contribution in [2.24, 2.45) is 5.73 Å². The third kappa shape index (κ3) is 50.7. The Labute approximate surface area is 664 Å². The van der Waals surface area contributed by atoms with Crippen LogP contribution in [0, 0.1) is 0 Å². The molecule has 4 rings (SSSR count). The molecule has 0 aromatic heterocycles. The largest absolute Gasteiger partial charge is 0.496 e. The summed E-state index contributed by atoms with van der Waals surface area (Å²) in [5.41, 5.74) is 16.8. The molecule has 0 amide bonds. The Kier molecular flexibility index (Phi) is 55.8. The highest BCUT2D eigenvalue weighted by Gasteiger charge is 2.28. The lowest BCUT2D eigenvalue weighted by Crippen LogP contribution is -2.43. The van der Waals surface area contributed by atoms with Crippen molar-refractivity contribution in [2.45, 2.75) is 175 Å². The number of ether oxygens (including phenoxy) is 7. The Morgan fingerprint density at radius 3 is 1.13 bits per heavy atom. The van der Waals surface area contributed by atoms with Crippen LogP contribution in [-0.4, -0.2) is 243 Å². The van der Waals surface area contributed by atoms with Gasteiger partial charge in [-0.2, -0.15) is 0 Å². The molecule has 4 atom stereocenters. The SMILES string of the molecule is COc1ccc(N(CCO)CCCl)cc1C[C@@H](CC(=O)OC(C)(C)C)NB(C)O.COc1ccc(N(CCO)CCCl)cc1C[C@H](N)CC(=O)O.COc1ccc(N)cc1C[C@@H](CC(=O)OC(C)(C)C)NB(C)O.COc1ccc(NCCO)cc1C[C@@H](CC(=O)OC(C)(C)C)NB(C)O.O=CCCl.OCCBr. The summed E-state index contributed by atoms with van der Waals surface area (Å²) in [4.78, 5) is 60.3. The fraction of sp³-hybridized carbons (Fsp3) is 0.603. The van der Waals surface area contributed by atoms with Gasteiger partial charge in [-0.25, -0.2) is 0 Å². The molecule has 16 N–H and O–H groups in total. The second-order valence-corrected chi connectivity index (χ2v) is 29.3. The second-order valence-electron chi connectivity index (χ2n) is 27.4. The van der Waals surface area contributed by atoms with Crippen LogP contribution in [0.2, 0.25) is 20.5 Å². The smallest absolute Gasteiger partial charge is 0.373 e. The monoisotopic (exact) mass is 1650 g/mol. The number of aldehydes is 1. The van der Waals surface area contributed by atoms with Gasteiger partial charge in [-0.15, -0.1) is 34.8 Å². The van der Waals surface area contributed by atoms with Crippen molar-refractivity contribution in [3.63, 3.8) is 0 Å². The van der Waals surface area contributed by atoms with Gasteiger partial charge in [0.15, 0.2) is 0 Å². The van der Waals surface area contributed by atoms with E-state index in [1.54, 1.807) is 61.0 Å². The quantitative estimate of drug-likeness (QED) is 0.00530. The first-order valence-corrected chi connectivity index (χ1v) is 38.1. The lowest BCUT2D eigenvalue weighted by Gasteiger charge is -2.26. The highest BCUT2D eigenvalue weighted by Crippen LogP contribution is 2.30. The zero-order valence-corrected chi connectivity index (χ0v) is 69.8. The molecule has 0 aliphatic carbocycles. The van der Waals surface area contributed by atoms with Crippen molar-refractivity contribution in [1.29, 1.82) is 0 Å². The van der Waals surface area contributed by atoms with Crippen LogP contribution in [0.4, 0.5) is 22.7 Å². The number of anilines is 4. The molecule has 0 saturated heterocycles. The van der Waals surface area contributed by atoms with Gasteiger partial charge in [0, 0.05) is 96.7 Å². The van der Waals surface area contributed by atoms with Crippen LogP contribution in [0.5, 0.6) is 23.0 Å². The summed E-state index contributed by atoms with van der Waals surface area (Å²) < 4.78 is 37.7. The van der Waals surface area contributed by atoms with E-state index < -0.39 is 50.0 Å². The van der Waals surface area contributed by atoms with E-state index in [4.69, 9.17) is 105 Å². The number of esters is 3. The second kappa shape index (κ2) is 57.9. The number of carbonyl (C=O) groups excluding carboxylic acids is 4. The van der Waals surface area contributed by atoms with E-state index in [9.17, 15) is 39.4 Å². The number of aliphatic hydroxyl groups is 4. The number of nitrogens with two attached hydrogens (primary N) is 2. The summed E-state index contributed by atoms with van der Waals surface area (Å²) >= 11 is 19.5. The molecule has 4 aromatic carbocycles. The van der Waals surface area contributed by atoms with Crippen LogP contribution < -0.4 is 61.2 Å². The van der Waals surface area contributed by atoms with E-state index in [1.165, 1.54) is 0 Å². The third-order valence-electron chi connectivity index (χ3n) is 14.1. The number of rotatable bonds is 41. The number of halogens is 4. The zero-order valence-electron chi connectivity index (χ0n) is 65.9. The van der Waals surface area contributed by atoms with Crippen molar-refractivity contribution in [2.75, 3.05) is 131 Å². The average Bonchev–Trinajstić information content (AvgIpc) is 0.862. The van der Waals surface area contributed by atoms with E-state index >= 15 is 0 Å². The van der Waals surface area contributed by atoms with Gasteiger partial charge in [-0.05, 0) is 204 Å². The molecule has 0 bridgehead atoms. The summed E-state index contributed by atoms with van der Waals surface area (Å²) in [7, 11) is 4.04. The summed E-state index contributed by atoms with van der Waals surface area (Å²) in [6, 6.07) is 20.9. The van der Waals surface area contributed by atoms with Gasteiger partial charge >= 0.3 is 45.0 Å². The van der Waals surface area contributed by atoms with E-state index in [-0.39, 0.29) is 94.0 Å². The van der Waals surface area contributed by atoms with Crippen LogP contribution in [-0.2, 0) is 63.9 Å². The number of carboxylic acids is 1. The Bertz CT molecular complexity index is 3130. The van der Waals surface area contributed by atoms with Crippen molar-refractivity contribution in [3.8, 4) is 23.0 Å². The molecule has 0 aliphatic heterocycles. The summed E-state index contributed by atoms with van der Waals surface area (Å²) in [5, 5.41) is 86.0. The number of carbonyl (C=O) groups is 5. The number of nitrogens with one attached hydrogen (secondary N) is 4. The van der Waals surface area contributed by atoms with E-state index in [1.807, 2.05) is 133 Å². The first kappa shape index (κ1) is 104. The third-order valence-corrected chi connectivity index (χ3v) is 14.9. The standard InChI is InChI=1S/C20H34BClN2O5.C18H31BN2O5.C16H27BN2O4.C15H23ClN2O4.C2H5BrO.C2H3ClO/c1-20(2,3)29-19(26)14-16(23-21(4)27)12-15-13-17(6-7-18(15)28-5)24(9-8-22)10-11-25;1-18(2,3)26-17(23)12-15(21-19(4)24)11-13-10-14(20-8-9-22)6-7-16(13)25-5;1-16(2,3)23-15(20)10-13(19-17(4)21)9-11-8-12(18)6-7-14(11)22-5;1-22-14-3-2-13(18(5-4-16)6-7-19)9-11(14)8-12(17)10-15(20)21;2*3-1-2-4/h6-7,13,16,23,25,27H,8-12,14H2,1-5H3;6-7,10,15,20-22,24H,8-9,11-12H2,1-5H3;6-8,13,19,21H,9-10,18H2,1-5H3;2-3,9,12,19H,4-8,10,17H2,1H3,(H,20,21);4H,1-2H2;2H,1H2/t16-;15-;13-;12-;;/m0000../s1. The maximum Gasteiger partial charge on any atom is 0.373 e. The fourth-order valence-corrected chi connectivity index (χ4v) is 10.8. The van der Waals surface area contributed by atoms with Crippen LogP contribution in [0.15, 0.2) is 72.8 Å². The normalized spacial score (nSPS) is 12.0. The Morgan fingerprint density at radius 2 is 0.843 bits per heavy atom. The number of carboxylic acid groups (broad SMARTS) is 1. The number of methoxy groups -OCH3 is 4. The van der Waals surface area contributed by atoms with E-state index in [0.717, 1.165) is 39.3 Å². The molecule has 612 valence electrons. The number of aliphatic hydroxyl groups excluding tert-OH is 4. The fourth-order valence-electron chi connectivity index (χ4n) is 10.4. The minimum Gasteiger partial charge on any atom is -0.496 e. The van der Waals surface area contributed by atoms with Crippen molar-refractivity contribution in [1.82, 2.24) is 15.7 Å². The summed E-state index contributed by atoms with van der Waals surface area (Å²) in [6.07, 6.45) is 2.72. The Hall–Kier alpha value is -6.07. The molecular weight excluding hydrogens is 1530 g/mol. The van der Waals surface area contributed by atoms with Crippen molar-refractivity contribution >= 4 is 125 Å².